The van der Waals surface area contributed by atoms with Crippen LogP contribution in [0.3, 0.4) is 0 Å². The maximum absolute atomic E-state index is 11.7. The van der Waals surface area contributed by atoms with Crippen LogP contribution in [0.1, 0.15) is 35.9 Å². The minimum atomic E-state index is -0.528. The smallest absolute Gasteiger partial charge is 0.360 e. The van der Waals surface area contributed by atoms with Gasteiger partial charge in [-0.3, -0.25) is 4.79 Å². The van der Waals surface area contributed by atoms with Crippen LogP contribution < -0.4 is 5.32 Å². The fourth-order valence-electron chi connectivity index (χ4n) is 1.99. The fraction of sp³-hybridized carbons (Fsp3) is 0.636. The molecular weight excluding hydrogens is 272 g/mol. The predicted molar refractivity (Wildman–Crippen MR) is 66.7 cm³/mol. The Hall–Kier alpha value is -1.63. The molecule has 0 aromatic carbocycles. The van der Waals surface area contributed by atoms with Gasteiger partial charge in [0.05, 0.1) is 24.7 Å². The van der Waals surface area contributed by atoms with E-state index in [1.807, 2.05) is 0 Å². The summed E-state index contributed by atoms with van der Waals surface area (Å²) in [7, 11) is 0. The van der Waals surface area contributed by atoms with Gasteiger partial charge in [-0.25, -0.2) is 9.48 Å². The molecule has 0 spiro atoms. The van der Waals surface area contributed by atoms with Gasteiger partial charge in [0.25, 0.3) is 0 Å². The lowest BCUT2D eigenvalue weighted by molar-refractivity contribution is -0.119. The van der Waals surface area contributed by atoms with Gasteiger partial charge in [0.15, 0.2) is 5.69 Å². The van der Waals surface area contributed by atoms with Crippen LogP contribution in [-0.4, -0.2) is 39.5 Å². The number of rotatable bonds is 5. The number of carbonyl (C=O) groups excluding carboxylic acids is 2. The van der Waals surface area contributed by atoms with Gasteiger partial charge < -0.3 is 10.1 Å². The van der Waals surface area contributed by atoms with E-state index in [0.29, 0.717) is 18.7 Å². The van der Waals surface area contributed by atoms with Crippen molar-refractivity contribution in [1.29, 1.82) is 0 Å². The number of nitrogens with one attached hydrogen (secondary N) is 1. The quantitative estimate of drug-likeness (QED) is 0.628. The van der Waals surface area contributed by atoms with Crippen molar-refractivity contribution in [3.05, 3.63) is 11.4 Å². The lowest BCUT2D eigenvalue weighted by Crippen LogP contribution is -2.30. The van der Waals surface area contributed by atoms with Crippen LogP contribution in [0.25, 0.3) is 0 Å². The SMILES string of the molecule is CCOC(=O)c1nnn(CC2CCC(=O)N2)c1CCl. The highest BCUT2D eigenvalue weighted by atomic mass is 35.5. The molecule has 8 heteroatoms. The minimum absolute atomic E-state index is 0.00575. The molecule has 104 valence electrons. The first-order valence-corrected chi connectivity index (χ1v) is 6.64. The van der Waals surface area contributed by atoms with Crippen molar-refractivity contribution in [2.24, 2.45) is 0 Å². The van der Waals surface area contributed by atoms with Crippen molar-refractivity contribution in [3.63, 3.8) is 0 Å². The van der Waals surface area contributed by atoms with Crippen molar-refractivity contribution in [2.75, 3.05) is 6.61 Å². The van der Waals surface area contributed by atoms with Crippen LogP contribution in [0.2, 0.25) is 0 Å². The molecule has 1 aliphatic heterocycles. The summed E-state index contributed by atoms with van der Waals surface area (Å²) in [6.07, 6.45) is 1.26. The summed E-state index contributed by atoms with van der Waals surface area (Å²) < 4.78 is 6.44. The molecule has 2 heterocycles. The highest BCUT2D eigenvalue weighted by Crippen LogP contribution is 2.14. The summed E-state index contributed by atoms with van der Waals surface area (Å²) in [6, 6.07) is 0.00575. The topological polar surface area (TPSA) is 86.1 Å². The molecule has 1 aromatic rings. The largest absolute Gasteiger partial charge is 0.461 e. The standard InChI is InChI=1S/C11H15ClN4O3/c1-2-19-11(18)10-8(5-12)16(15-14-10)6-7-3-4-9(17)13-7/h7H,2-6H2,1H3,(H,13,17). The van der Waals surface area contributed by atoms with E-state index in [4.69, 9.17) is 16.3 Å². The summed E-state index contributed by atoms with van der Waals surface area (Å²) in [5.41, 5.74) is 0.655. The van der Waals surface area contributed by atoms with Gasteiger partial charge in [0.2, 0.25) is 5.91 Å². The number of carbonyl (C=O) groups is 2. The molecule has 1 fully saturated rings. The van der Waals surface area contributed by atoms with E-state index in [1.54, 1.807) is 11.6 Å². The van der Waals surface area contributed by atoms with E-state index in [2.05, 4.69) is 15.6 Å². The van der Waals surface area contributed by atoms with Crippen LogP contribution >= 0.6 is 11.6 Å². The Balaban J connectivity index is 2.13. The zero-order chi connectivity index (χ0) is 13.8. The van der Waals surface area contributed by atoms with E-state index in [0.717, 1.165) is 6.42 Å². The molecule has 19 heavy (non-hydrogen) atoms. The number of alkyl halides is 1. The van der Waals surface area contributed by atoms with E-state index in [1.165, 1.54) is 0 Å². The molecule has 0 saturated carbocycles. The third-order valence-corrected chi connectivity index (χ3v) is 3.16. The Morgan fingerprint density at radius 2 is 2.42 bits per heavy atom. The third kappa shape index (κ3) is 3.04. The minimum Gasteiger partial charge on any atom is -0.461 e. The Morgan fingerprint density at radius 1 is 1.63 bits per heavy atom. The van der Waals surface area contributed by atoms with Gasteiger partial charge in [0.1, 0.15) is 0 Å². The number of aromatic nitrogens is 3. The van der Waals surface area contributed by atoms with Crippen LogP contribution in [0.15, 0.2) is 0 Å². The van der Waals surface area contributed by atoms with Gasteiger partial charge >= 0.3 is 5.97 Å². The van der Waals surface area contributed by atoms with Gasteiger partial charge in [-0.15, -0.1) is 16.7 Å². The van der Waals surface area contributed by atoms with Crippen molar-refractivity contribution < 1.29 is 14.3 Å². The number of esters is 1. The summed E-state index contributed by atoms with van der Waals surface area (Å²) in [6.45, 7) is 2.45. The zero-order valence-electron chi connectivity index (χ0n) is 10.6. The number of amides is 1. The molecule has 1 N–H and O–H groups in total. The number of ether oxygens (including phenoxy) is 1. The molecule has 0 radical (unpaired) electrons. The highest BCUT2D eigenvalue weighted by Gasteiger charge is 2.25. The molecule has 2 rings (SSSR count). The Morgan fingerprint density at radius 3 is 3.00 bits per heavy atom. The first-order valence-electron chi connectivity index (χ1n) is 6.10. The Labute approximate surface area is 115 Å². The molecule has 1 amide bonds. The molecule has 1 aliphatic rings. The van der Waals surface area contributed by atoms with E-state index >= 15 is 0 Å². The van der Waals surface area contributed by atoms with Crippen LogP contribution in [-0.2, 0) is 22.0 Å². The molecule has 1 saturated heterocycles. The van der Waals surface area contributed by atoms with Gasteiger partial charge in [-0.05, 0) is 13.3 Å². The van der Waals surface area contributed by atoms with Crippen LogP contribution in [0.4, 0.5) is 0 Å². The molecule has 7 nitrogen and oxygen atoms in total. The number of hydrogen-bond acceptors (Lipinski definition) is 5. The number of hydrogen-bond donors (Lipinski definition) is 1. The molecule has 1 aromatic heterocycles. The number of nitrogens with zero attached hydrogens (tertiary/aromatic N) is 3. The van der Waals surface area contributed by atoms with Gasteiger partial charge in [-0.1, -0.05) is 5.21 Å². The second-order valence-corrected chi connectivity index (χ2v) is 4.49. The van der Waals surface area contributed by atoms with Crippen LogP contribution in [0, 0.1) is 0 Å². The van der Waals surface area contributed by atoms with Gasteiger partial charge in [0, 0.05) is 12.5 Å². The lowest BCUT2D eigenvalue weighted by Gasteiger charge is -2.11. The summed E-state index contributed by atoms with van der Waals surface area (Å²) in [5.74, 6) is -0.384. The number of halogens is 1. The lowest BCUT2D eigenvalue weighted by atomic mass is 10.2. The monoisotopic (exact) mass is 286 g/mol. The summed E-state index contributed by atoms with van der Waals surface area (Å²) >= 11 is 5.84. The summed E-state index contributed by atoms with van der Waals surface area (Å²) in [5, 5.41) is 10.5. The van der Waals surface area contributed by atoms with Crippen molar-refractivity contribution in [1.82, 2.24) is 20.3 Å². The van der Waals surface area contributed by atoms with Gasteiger partial charge in [-0.2, -0.15) is 0 Å². The van der Waals surface area contributed by atoms with Crippen molar-refractivity contribution in [2.45, 2.75) is 38.2 Å². The fourth-order valence-corrected chi connectivity index (χ4v) is 2.26. The molecule has 1 atom stereocenters. The second-order valence-electron chi connectivity index (χ2n) is 4.22. The van der Waals surface area contributed by atoms with E-state index < -0.39 is 5.97 Å². The maximum Gasteiger partial charge on any atom is 0.360 e. The average Bonchev–Trinajstić information content (AvgIpc) is 2.96. The third-order valence-electron chi connectivity index (χ3n) is 2.91. The van der Waals surface area contributed by atoms with Crippen molar-refractivity contribution in [3.8, 4) is 0 Å². The summed E-state index contributed by atoms with van der Waals surface area (Å²) in [4.78, 5) is 22.8. The second kappa shape index (κ2) is 6.01. The normalized spacial score (nSPS) is 18.4. The predicted octanol–water partition coefficient (Wildman–Crippen LogP) is 0.472. The highest BCUT2D eigenvalue weighted by molar-refractivity contribution is 6.17. The Kier molecular flexibility index (Phi) is 4.36. The molecular formula is C11H15ClN4O3. The molecule has 1 unspecified atom stereocenters. The first kappa shape index (κ1) is 13.8. The zero-order valence-corrected chi connectivity index (χ0v) is 11.3. The van der Waals surface area contributed by atoms with Crippen LogP contribution in [0.5, 0.6) is 0 Å². The molecule has 0 aliphatic carbocycles. The Bertz CT molecular complexity index is 488. The van der Waals surface area contributed by atoms with Crippen molar-refractivity contribution >= 4 is 23.5 Å². The molecule has 0 bridgehead atoms. The van der Waals surface area contributed by atoms with E-state index in [-0.39, 0.29) is 30.1 Å². The first-order chi connectivity index (χ1) is 9.15. The van der Waals surface area contributed by atoms with E-state index in [9.17, 15) is 9.59 Å². The maximum atomic E-state index is 11.7. The average molecular weight is 287 g/mol.